The zero-order valence-corrected chi connectivity index (χ0v) is 16.7. The Balaban J connectivity index is 1.85. The van der Waals surface area contributed by atoms with Gasteiger partial charge in [-0.2, -0.15) is 0 Å². The van der Waals surface area contributed by atoms with Crippen molar-refractivity contribution in [2.75, 3.05) is 0 Å². The van der Waals surface area contributed by atoms with Crippen LogP contribution in [0.15, 0.2) is 74.3 Å². The van der Waals surface area contributed by atoms with Crippen LogP contribution in [-0.4, -0.2) is 21.7 Å². The zero-order chi connectivity index (χ0) is 19.8. The first-order valence-corrected chi connectivity index (χ1v) is 9.94. The molecule has 4 rings (SSSR count). The Morgan fingerprint density at radius 2 is 2.11 bits per heavy atom. The van der Waals surface area contributed by atoms with Crippen molar-refractivity contribution in [2.45, 2.75) is 12.6 Å². The molecule has 5 nitrogen and oxygen atoms in total. The summed E-state index contributed by atoms with van der Waals surface area (Å²) in [6.07, 6.45) is 1.32. The monoisotopic (exact) mass is 461 g/mol. The number of benzene rings is 1. The first kappa shape index (κ1) is 18.6. The number of thiophene rings is 1. The highest BCUT2D eigenvalue weighted by Gasteiger charge is 2.45. The minimum atomic E-state index is -1.08. The van der Waals surface area contributed by atoms with Crippen LogP contribution < -0.4 is 0 Å². The van der Waals surface area contributed by atoms with Gasteiger partial charge < -0.3 is 14.4 Å². The van der Waals surface area contributed by atoms with Gasteiger partial charge in [0.05, 0.1) is 24.4 Å². The van der Waals surface area contributed by atoms with Crippen molar-refractivity contribution >= 4 is 39.0 Å². The molecule has 0 bridgehead atoms. The minimum absolute atomic E-state index is 0.0345. The second kappa shape index (κ2) is 7.37. The van der Waals surface area contributed by atoms with Crippen LogP contribution in [0.2, 0.25) is 0 Å². The van der Waals surface area contributed by atoms with E-state index < -0.39 is 29.3 Å². The number of furan rings is 1. The maximum atomic E-state index is 14.7. The molecule has 0 saturated carbocycles. The second-order valence-corrected chi connectivity index (χ2v) is 8.10. The van der Waals surface area contributed by atoms with Gasteiger partial charge in [0.15, 0.2) is 11.5 Å². The molecule has 1 aromatic carbocycles. The van der Waals surface area contributed by atoms with Crippen LogP contribution in [0.4, 0.5) is 4.39 Å². The van der Waals surface area contributed by atoms with Crippen molar-refractivity contribution in [1.29, 1.82) is 0 Å². The van der Waals surface area contributed by atoms with Gasteiger partial charge in [-0.15, -0.1) is 11.3 Å². The molecule has 1 atom stereocenters. The smallest absolute Gasteiger partial charge is 0.290 e. The highest BCUT2D eigenvalue weighted by atomic mass is 79.9. The lowest BCUT2D eigenvalue weighted by molar-refractivity contribution is -0.130. The van der Waals surface area contributed by atoms with Gasteiger partial charge >= 0.3 is 0 Å². The number of aliphatic hydroxyl groups excluding tert-OH is 1. The Bertz CT molecular complexity index is 1080. The van der Waals surface area contributed by atoms with Crippen LogP contribution in [-0.2, 0) is 11.3 Å². The van der Waals surface area contributed by atoms with Gasteiger partial charge in [-0.25, -0.2) is 4.39 Å². The molecule has 1 amide bonds. The summed E-state index contributed by atoms with van der Waals surface area (Å²) in [6.45, 7) is 0.131. The topological polar surface area (TPSA) is 70.8 Å². The molecule has 8 heteroatoms. The van der Waals surface area contributed by atoms with Gasteiger partial charge in [0.2, 0.25) is 5.78 Å². The van der Waals surface area contributed by atoms with E-state index in [0.29, 0.717) is 4.47 Å². The molecule has 3 heterocycles. The van der Waals surface area contributed by atoms with Crippen LogP contribution >= 0.6 is 27.3 Å². The van der Waals surface area contributed by atoms with Gasteiger partial charge in [-0.3, -0.25) is 9.59 Å². The van der Waals surface area contributed by atoms with Gasteiger partial charge in [-0.1, -0.05) is 22.0 Å². The molecule has 0 spiro atoms. The zero-order valence-electron chi connectivity index (χ0n) is 14.3. The van der Waals surface area contributed by atoms with E-state index in [-0.39, 0.29) is 23.4 Å². The van der Waals surface area contributed by atoms with Crippen molar-refractivity contribution in [3.8, 4) is 0 Å². The lowest BCUT2D eigenvalue weighted by Gasteiger charge is -2.26. The van der Waals surface area contributed by atoms with Crippen molar-refractivity contribution < 1.29 is 23.5 Å². The summed E-state index contributed by atoms with van der Waals surface area (Å²) in [5.74, 6) is -2.70. The van der Waals surface area contributed by atoms with Gasteiger partial charge in [-0.05, 0) is 41.8 Å². The summed E-state index contributed by atoms with van der Waals surface area (Å²) in [5, 5.41) is 12.4. The number of Topliss-reactive ketones (excluding diaryl/α,β-unsaturated/α-hetero) is 1. The Labute approximate surface area is 171 Å². The molecule has 142 valence electrons. The fraction of sp³-hybridized carbons (Fsp3) is 0.100. The van der Waals surface area contributed by atoms with E-state index >= 15 is 0 Å². The molecule has 1 N–H and O–H groups in total. The average molecular weight is 462 g/mol. The summed E-state index contributed by atoms with van der Waals surface area (Å²) in [4.78, 5) is 27.9. The van der Waals surface area contributed by atoms with Crippen LogP contribution in [0.3, 0.4) is 0 Å². The number of halogens is 2. The summed E-state index contributed by atoms with van der Waals surface area (Å²) in [5.41, 5.74) is -0.0910. The molecule has 0 saturated heterocycles. The van der Waals surface area contributed by atoms with Crippen molar-refractivity contribution in [3.63, 3.8) is 0 Å². The molecular weight excluding hydrogens is 449 g/mol. The molecule has 0 radical (unpaired) electrons. The standard InChI is InChI=1S/C20H13BrFNO4S/c21-11-5-6-14(22)13(9-11)17-16(18(24)15-4-1-7-27-15)19(25)20(26)23(17)10-12-3-2-8-28-12/h1-9,17,25H,10H2. The number of amides is 1. The molecule has 1 aliphatic heterocycles. The number of ketones is 1. The van der Waals surface area contributed by atoms with Crippen molar-refractivity contribution in [2.24, 2.45) is 0 Å². The first-order valence-electron chi connectivity index (χ1n) is 8.27. The number of aliphatic hydroxyl groups is 1. The SMILES string of the molecule is O=C(C1=C(O)C(=O)N(Cc2cccs2)C1c1cc(Br)ccc1F)c1ccco1. The van der Waals surface area contributed by atoms with E-state index in [1.165, 1.54) is 52.8 Å². The lowest BCUT2D eigenvalue weighted by atomic mass is 9.94. The number of rotatable bonds is 5. The van der Waals surface area contributed by atoms with Crippen LogP contribution in [0.25, 0.3) is 0 Å². The first-order chi connectivity index (χ1) is 13.5. The fourth-order valence-electron chi connectivity index (χ4n) is 3.21. The molecule has 3 aromatic rings. The minimum Gasteiger partial charge on any atom is -0.503 e. The number of hydrogen-bond donors (Lipinski definition) is 1. The van der Waals surface area contributed by atoms with Gasteiger partial charge in [0.25, 0.3) is 5.91 Å². The predicted octanol–water partition coefficient (Wildman–Crippen LogP) is 5.02. The van der Waals surface area contributed by atoms with E-state index in [4.69, 9.17) is 4.42 Å². The number of carbonyl (C=O) groups excluding carboxylic acids is 2. The van der Waals surface area contributed by atoms with Crippen molar-refractivity contribution in [1.82, 2.24) is 4.90 Å². The summed E-state index contributed by atoms with van der Waals surface area (Å²) in [6, 6.07) is 9.82. The fourth-order valence-corrected chi connectivity index (χ4v) is 4.29. The number of nitrogens with zero attached hydrogens (tertiary/aromatic N) is 1. The van der Waals surface area contributed by atoms with E-state index in [1.807, 2.05) is 17.5 Å². The molecule has 0 fully saturated rings. The van der Waals surface area contributed by atoms with E-state index in [0.717, 1.165) is 4.88 Å². The Morgan fingerprint density at radius 1 is 1.29 bits per heavy atom. The largest absolute Gasteiger partial charge is 0.503 e. The Hall–Kier alpha value is -2.71. The molecule has 1 unspecified atom stereocenters. The molecule has 28 heavy (non-hydrogen) atoms. The highest BCUT2D eigenvalue weighted by Crippen LogP contribution is 2.41. The average Bonchev–Trinajstić information content (AvgIpc) is 3.42. The summed E-state index contributed by atoms with van der Waals surface area (Å²) < 4.78 is 20.4. The highest BCUT2D eigenvalue weighted by molar-refractivity contribution is 9.10. The third-order valence-corrected chi connectivity index (χ3v) is 5.81. The number of hydrogen-bond acceptors (Lipinski definition) is 5. The predicted molar refractivity (Wildman–Crippen MR) is 104 cm³/mol. The second-order valence-electron chi connectivity index (χ2n) is 6.15. The maximum Gasteiger partial charge on any atom is 0.290 e. The van der Waals surface area contributed by atoms with E-state index in [9.17, 15) is 19.1 Å². The van der Waals surface area contributed by atoms with E-state index in [1.54, 1.807) is 0 Å². The summed E-state index contributed by atoms with van der Waals surface area (Å²) in [7, 11) is 0. The number of carbonyl (C=O) groups is 2. The molecule has 1 aliphatic rings. The van der Waals surface area contributed by atoms with E-state index in [2.05, 4.69) is 15.9 Å². The third-order valence-electron chi connectivity index (χ3n) is 4.45. The molecular formula is C20H13BrFNO4S. The molecule has 0 aliphatic carbocycles. The quantitative estimate of drug-likeness (QED) is 0.541. The van der Waals surface area contributed by atoms with Crippen molar-refractivity contribution in [3.05, 3.63) is 91.9 Å². The Morgan fingerprint density at radius 3 is 2.79 bits per heavy atom. The van der Waals surface area contributed by atoms with Crippen LogP contribution in [0.5, 0.6) is 0 Å². The third kappa shape index (κ3) is 3.18. The maximum absolute atomic E-state index is 14.7. The van der Waals surface area contributed by atoms with Crippen LogP contribution in [0, 0.1) is 5.82 Å². The normalized spacial score (nSPS) is 16.9. The lowest BCUT2D eigenvalue weighted by Crippen LogP contribution is -2.31. The van der Waals surface area contributed by atoms with Gasteiger partial charge in [0.1, 0.15) is 5.82 Å². The van der Waals surface area contributed by atoms with Gasteiger partial charge in [0, 0.05) is 14.9 Å². The molecule has 2 aromatic heterocycles. The summed E-state index contributed by atoms with van der Waals surface area (Å²) >= 11 is 4.72. The van der Waals surface area contributed by atoms with Crippen LogP contribution in [0.1, 0.15) is 27.0 Å². The Kier molecular flexibility index (Phi) is 4.91.